The average molecular weight is 324 g/mol. The highest BCUT2D eigenvalue weighted by Crippen LogP contribution is 2.30. The molecule has 0 unspecified atom stereocenters. The summed E-state index contributed by atoms with van der Waals surface area (Å²) >= 11 is 11.5. The van der Waals surface area contributed by atoms with Crippen LogP contribution in [0.1, 0.15) is 30.5 Å². The number of nitriles is 1. The molecule has 0 saturated carbocycles. The van der Waals surface area contributed by atoms with E-state index < -0.39 is 0 Å². The Morgan fingerprint density at radius 1 is 1.05 bits per heavy atom. The summed E-state index contributed by atoms with van der Waals surface area (Å²) in [6.45, 7) is 7.71. The van der Waals surface area contributed by atoms with Gasteiger partial charge in [-0.2, -0.15) is 10.2 Å². The van der Waals surface area contributed by atoms with Crippen molar-refractivity contribution in [1.29, 1.82) is 5.26 Å². The number of halogens is 2. The van der Waals surface area contributed by atoms with Gasteiger partial charge in [-0.25, -0.2) is 4.98 Å². The number of aromatic nitrogens is 2. The smallest absolute Gasteiger partial charge is 0.227 e. The lowest BCUT2D eigenvalue weighted by atomic mass is 10.1. The van der Waals surface area contributed by atoms with Gasteiger partial charge in [-0.3, -0.25) is 0 Å². The number of benzene rings is 1. The lowest BCUT2D eigenvalue weighted by molar-refractivity contribution is 0.454. The van der Waals surface area contributed by atoms with Gasteiger partial charge >= 0.3 is 0 Å². The molecular formula is C15H15Cl2N3O. The molecule has 110 valence electrons. The van der Waals surface area contributed by atoms with E-state index in [-0.39, 0.29) is 16.3 Å². The summed E-state index contributed by atoms with van der Waals surface area (Å²) in [5, 5.41) is 9.12. The molecule has 0 bridgehead atoms. The number of hydrogen-bond donors (Lipinski definition) is 0. The summed E-state index contributed by atoms with van der Waals surface area (Å²) in [7, 11) is 0. The topological polar surface area (TPSA) is 58.8 Å². The van der Waals surface area contributed by atoms with E-state index in [9.17, 15) is 0 Å². The zero-order chi connectivity index (χ0) is 16.0. The van der Waals surface area contributed by atoms with Gasteiger partial charge in [-0.15, -0.1) is 0 Å². The van der Waals surface area contributed by atoms with Crippen molar-refractivity contribution in [3.8, 4) is 17.7 Å². The second-order valence-corrected chi connectivity index (χ2v) is 4.68. The largest absolute Gasteiger partial charge is 0.438 e. The Hall–Kier alpha value is -1.83. The minimum Gasteiger partial charge on any atom is -0.438 e. The Balaban J connectivity index is 0.00000106. The molecule has 2 rings (SSSR count). The second-order valence-electron chi connectivity index (χ2n) is 3.95. The number of nitrogens with zero attached hydrogens (tertiary/aromatic N) is 3. The third-order valence-electron chi connectivity index (χ3n) is 2.44. The fraction of sp³-hybridized carbons (Fsp3) is 0.267. The van der Waals surface area contributed by atoms with Gasteiger partial charge in [0, 0.05) is 6.07 Å². The molecule has 0 radical (unpaired) electrons. The fourth-order valence-electron chi connectivity index (χ4n) is 1.70. The van der Waals surface area contributed by atoms with Crippen LogP contribution in [0.25, 0.3) is 0 Å². The molecular weight excluding hydrogens is 309 g/mol. The maximum atomic E-state index is 8.89. The summed E-state index contributed by atoms with van der Waals surface area (Å²) in [6.07, 6.45) is 0. The zero-order valence-corrected chi connectivity index (χ0v) is 13.7. The molecule has 0 aliphatic heterocycles. The first-order chi connectivity index (χ1) is 9.99. The van der Waals surface area contributed by atoms with Crippen molar-refractivity contribution in [3.05, 3.63) is 45.3 Å². The van der Waals surface area contributed by atoms with Crippen LogP contribution in [-0.2, 0) is 0 Å². The van der Waals surface area contributed by atoms with E-state index in [1.54, 1.807) is 12.1 Å². The molecule has 0 spiro atoms. The minimum absolute atomic E-state index is 0.0199. The lowest BCUT2D eigenvalue weighted by Gasteiger charge is -2.11. The molecule has 0 aliphatic rings. The standard InChI is InChI=1S/C13H9Cl2N3O.C2H6/c1-7-3-9(6-16)4-8(2)12(7)19-11-5-10(14)17-13(15)18-11;1-2/h3-5H,1-2H3;1-2H3. The summed E-state index contributed by atoms with van der Waals surface area (Å²) in [5.41, 5.74) is 2.26. The fourth-order valence-corrected chi connectivity index (χ4v) is 2.09. The molecule has 2 aromatic rings. The van der Waals surface area contributed by atoms with Crippen LogP contribution in [0.5, 0.6) is 11.6 Å². The van der Waals surface area contributed by atoms with Crippen LogP contribution in [0, 0.1) is 25.2 Å². The van der Waals surface area contributed by atoms with E-state index in [1.807, 2.05) is 27.7 Å². The third kappa shape index (κ3) is 4.59. The molecule has 6 heteroatoms. The molecule has 1 heterocycles. The Bertz CT molecular complexity index is 638. The number of aryl methyl sites for hydroxylation is 2. The first-order valence-corrected chi connectivity index (χ1v) is 7.14. The molecule has 1 aromatic carbocycles. The van der Waals surface area contributed by atoms with E-state index in [0.717, 1.165) is 11.1 Å². The number of rotatable bonds is 2. The van der Waals surface area contributed by atoms with Gasteiger partial charge in [-0.1, -0.05) is 25.4 Å². The quantitative estimate of drug-likeness (QED) is 0.570. The highest BCUT2D eigenvalue weighted by Gasteiger charge is 2.10. The van der Waals surface area contributed by atoms with Crippen molar-refractivity contribution in [2.75, 3.05) is 0 Å². The molecule has 0 aliphatic carbocycles. The van der Waals surface area contributed by atoms with Crippen molar-refractivity contribution in [2.24, 2.45) is 0 Å². The van der Waals surface area contributed by atoms with E-state index in [1.165, 1.54) is 6.07 Å². The maximum Gasteiger partial charge on any atom is 0.227 e. The van der Waals surface area contributed by atoms with Crippen molar-refractivity contribution in [2.45, 2.75) is 27.7 Å². The SMILES string of the molecule is CC.Cc1cc(C#N)cc(C)c1Oc1cc(Cl)nc(Cl)n1. The molecule has 1 aromatic heterocycles. The molecule has 4 nitrogen and oxygen atoms in total. The van der Waals surface area contributed by atoms with Crippen LogP contribution in [0.4, 0.5) is 0 Å². The molecule has 0 atom stereocenters. The molecule has 21 heavy (non-hydrogen) atoms. The van der Waals surface area contributed by atoms with Crippen LogP contribution in [0.15, 0.2) is 18.2 Å². The van der Waals surface area contributed by atoms with E-state index >= 15 is 0 Å². The van der Waals surface area contributed by atoms with Crippen LogP contribution in [-0.4, -0.2) is 9.97 Å². The molecule has 0 saturated heterocycles. The van der Waals surface area contributed by atoms with Gasteiger partial charge in [0.1, 0.15) is 10.9 Å². The normalized spacial score (nSPS) is 9.38. The van der Waals surface area contributed by atoms with Crippen LogP contribution in [0.3, 0.4) is 0 Å². The Kier molecular flexibility index (Phi) is 6.41. The average Bonchev–Trinajstić information content (AvgIpc) is 2.43. The van der Waals surface area contributed by atoms with Gasteiger partial charge in [0.25, 0.3) is 0 Å². The van der Waals surface area contributed by atoms with Gasteiger partial charge < -0.3 is 4.74 Å². The van der Waals surface area contributed by atoms with Gasteiger partial charge in [0.2, 0.25) is 11.2 Å². The highest BCUT2D eigenvalue weighted by atomic mass is 35.5. The van der Waals surface area contributed by atoms with Crippen molar-refractivity contribution < 1.29 is 4.74 Å². The first-order valence-electron chi connectivity index (χ1n) is 6.39. The van der Waals surface area contributed by atoms with Crippen LogP contribution < -0.4 is 4.74 Å². The Morgan fingerprint density at radius 2 is 1.62 bits per heavy atom. The van der Waals surface area contributed by atoms with Crippen LogP contribution >= 0.6 is 23.2 Å². The van der Waals surface area contributed by atoms with Gasteiger partial charge in [0.05, 0.1) is 11.6 Å². The van der Waals surface area contributed by atoms with Gasteiger partial charge in [0.15, 0.2) is 0 Å². The molecule has 0 fully saturated rings. The summed E-state index contributed by atoms with van der Waals surface area (Å²) in [4.78, 5) is 7.68. The number of ether oxygens (including phenoxy) is 1. The Labute approximate surface area is 134 Å². The Morgan fingerprint density at radius 3 is 2.10 bits per heavy atom. The minimum atomic E-state index is 0.0199. The predicted molar refractivity (Wildman–Crippen MR) is 84.1 cm³/mol. The first kappa shape index (κ1) is 17.2. The van der Waals surface area contributed by atoms with E-state index in [2.05, 4.69) is 16.0 Å². The summed E-state index contributed by atoms with van der Waals surface area (Å²) in [5.74, 6) is 0.894. The maximum absolute atomic E-state index is 8.89. The molecule has 0 amide bonds. The third-order valence-corrected chi connectivity index (χ3v) is 2.80. The van der Waals surface area contributed by atoms with Crippen molar-refractivity contribution in [3.63, 3.8) is 0 Å². The second kappa shape index (κ2) is 7.82. The monoisotopic (exact) mass is 323 g/mol. The zero-order valence-electron chi connectivity index (χ0n) is 12.2. The number of hydrogen-bond acceptors (Lipinski definition) is 4. The van der Waals surface area contributed by atoms with E-state index in [0.29, 0.717) is 11.3 Å². The predicted octanol–water partition coefficient (Wildman–Crippen LogP) is 5.09. The van der Waals surface area contributed by atoms with Gasteiger partial charge in [-0.05, 0) is 48.7 Å². The van der Waals surface area contributed by atoms with E-state index in [4.69, 9.17) is 33.2 Å². The summed E-state index contributed by atoms with van der Waals surface area (Å²) in [6, 6.07) is 7.06. The highest BCUT2D eigenvalue weighted by molar-refractivity contribution is 6.31. The lowest BCUT2D eigenvalue weighted by Crippen LogP contribution is -1.95. The van der Waals surface area contributed by atoms with Crippen molar-refractivity contribution >= 4 is 23.2 Å². The van der Waals surface area contributed by atoms with Crippen molar-refractivity contribution in [1.82, 2.24) is 9.97 Å². The molecule has 0 N–H and O–H groups in total. The summed E-state index contributed by atoms with van der Waals surface area (Å²) < 4.78 is 5.67. The van der Waals surface area contributed by atoms with Crippen LogP contribution in [0.2, 0.25) is 10.4 Å².